The van der Waals surface area contributed by atoms with Crippen LogP contribution in [0.3, 0.4) is 0 Å². The normalized spacial score (nSPS) is 17.8. The number of rotatable bonds is 5. The average Bonchev–Trinajstić information content (AvgIpc) is 2.67. The third-order valence-electron chi connectivity index (χ3n) is 5.45. The molecule has 1 aromatic carbocycles. The number of hydrogen-bond acceptors (Lipinski definition) is 5. The minimum absolute atomic E-state index is 0.0977. The summed E-state index contributed by atoms with van der Waals surface area (Å²) >= 11 is 0. The van der Waals surface area contributed by atoms with Gasteiger partial charge >= 0.3 is 6.03 Å². The molecular weight excluding hydrogens is 354 g/mol. The van der Waals surface area contributed by atoms with E-state index in [1.807, 2.05) is 4.90 Å². The van der Waals surface area contributed by atoms with Crippen LogP contribution in [0.25, 0.3) is 0 Å². The van der Waals surface area contributed by atoms with Crippen LogP contribution in [0.5, 0.6) is 11.5 Å². The number of urea groups is 1. The molecule has 0 aliphatic carbocycles. The Balaban J connectivity index is 1.29. The van der Waals surface area contributed by atoms with Gasteiger partial charge < -0.3 is 20.3 Å². The Kier molecular flexibility index (Phi) is 5.62. The van der Waals surface area contributed by atoms with Crippen LogP contribution in [0.1, 0.15) is 19.3 Å². The molecule has 2 aliphatic heterocycles. The third-order valence-corrected chi connectivity index (χ3v) is 5.45. The molecule has 2 fully saturated rings. The first kappa shape index (κ1) is 18.6. The number of carbonyl (C=O) groups excluding carboxylic acids is 1. The van der Waals surface area contributed by atoms with Crippen LogP contribution in [0.4, 0.5) is 16.3 Å². The number of nitrogens with one attached hydrogen (secondary N) is 1. The lowest BCUT2D eigenvalue weighted by molar-refractivity contribution is 0.118. The molecule has 0 spiro atoms. The lowest BCUT2D eigenvalue weighted by Crippen LogP contribution is -2.46. The summed E-state index contributed by atoms with van der Waals surface area (Å²) in [6, 6.07) is 10.6. The summed E-state index contributed by atoms with van der Waals surface area (Å²) in [5, 5.41) is 2.89. The number of carbonyl (C=O) groups is 1. The average molecular weight is 381 g/mol. The van der Waals surface area contributed by atoms with Gasteiger partial charge in [-0.2, -0.15) is 0 Å². The minimum Gasteiger partial charge on any atom is -0.457 e. The maximum atomic E-state index is 12.6. The fraction of sp³-hybridized carbons (Fsp3) is 0.429. The van der Waals surface area contributed by atoms with Gasteiger partial charge in [-0.1, -0.05) is 0 Å². The zero-order valence-corrected chi connectivity index (χ0v) is 16.0. The molecule has 148 valence electrons. The highest BCUT2D eigenvalue weighted by molar-refractivity contribution is 5.88. The van der Waals surface area contributed by atoms with E-state index in [-0.39, 0.29) is 6.03 Å². The van der Waals surface area contributed by atoms with Crippen LogP contribution in [0.15, 0.2) is 42.6 Å². The van der Waals surface area contributed by atoms with Gasteiger partial charge in [0.15, 0.2) is 0 Å². The molecule has 2 amide bonds. The number of pyridine rings is 1. The Labute approximate surface area is 165 Å². The van der Waals surface area contributed by atoms with E-state index in [1.165, 1.54) is 26.1 Å². The van der Waals surface area contributed by atoms with Crippen molar-refractivity contribution in [3.63, 3.8) is 0 Å². The lowest BCUT2D eigenvalue weighted by Gasteiger charge is -2.38. The molecule has 0 radical (unpaired) electrons. The number of piperidine rings is 1. The van der Waals surface area contributed by atoms with Gasteiger partial charge in [0.2, 0.25) is 0 Å². The second kappa shape index (κ2) is 8.48. The third kappa shape index (κ3) is 4.72. The Morgan fingerprint density at radius 2 is 1.86 bits per heavy atom. The number of anilines is 2. The van der Waals surface area contributed by atoms with Crippen molar-refractivity contribution in [1.82, 2.24) is 14.8 Å². The highest BCUT2D eigenvalue weighted by Gasteiger charge is 2.26. The summed E-state index contributed by atoms with van der Waals surface area (Å²) in [5.41, 5.74) is 6.38. The number of nitrogens with two attached hydrogens (primary N) is 1. The highest BCUT2D eigenvalue weighted by Crippen LogP contribution is 2.25. The summed E-state index contributed by atoms with van der Waals surface area (Å²) in [6.07, 6.45) is 5.09. The number of hydrogen-bond donors (Lipinski definition) is 2. The highest BCUT2D eigenvalue weighted by atomic mass is 16.5. The standard InChI is InChI=1S/C21H27N5O2/c22-17-2-4-18(5-3-17)28-19-6-9-23-20(14-19)24-21(27)26-12-7-16(8-13-26)15-25-10-1-11-25/h2-6,9,14,16H,1,7-8,10-13,15,22H2,(H,23,24,27). The van der Waals surface area contributed by atoms with Crippen molar-refractivity contribution in [2.75, 3.05) is 43.8 Å². The predicted octanol–water partition coefficient (Wildman–Crippen LogP) is 3.41. The first-order chi connectivity index (χ1) is 13.7. The summed E-state index contributed by atoms with van der Waals surface area (Å²) in [6.45, 7) is 5.25. The quantitative estimate of drug-likeness (QED) is 0.776. The fourth-order valence-corrected chi connectivity index (χ4v) is 3.65. The molecule has 7 nitrogen and oxygen atoms in total. The molecule has 2 aliphatic rings. The van der Waals surface area contributed by atoms with E-state index in [0.29, 0.717) is 28.9 Å². The van der Waals surface area contributed by atoms with Crippen molar-refractivity contribution in [2.24, 2.45) is 5.92 Å². The number of ether oxygens (including phenoxy) is 1. The van der Waals surface area contributed by atoms with E-state index in [2.05, 4.69) is 15.2 Å². The Morgan fingerprint density at radius 1 is 1.11 bits per heavy atom. The van der Waals surface area contributed by atoms with Crippen molar-refractivity contribution < 1.29 is 9.53 Å². The van der Waals surface area contributed by atoms with Gasteiger partial charge in [0, 0.05) is 37.6 Å². The number of nitrogen functional groups attached to an aromatic ring is 1. The van der Waals surface area contributed by atoms with Crippen LogP contribution >= 0.6 is 0 Å². The van der Waals surface area contributed by atoms with Gasteiger partial charge in [-0.25, -0.2) is 9.78 Å². The first-order valence-electron chi connectivity index (χ1n) is 9.93. The number of aromatic nitrogens is 1. The second-order valence-electron chi connectivity index (χ2n) is 7.56. The maximum absolute atomic E-state index is 12.6. The Hall–Kier alpha value is -2.80. The van der Waals surface area contributed by atoms with Crippen LogP contribution in [0, 0.1) is 5.92 Å². The number of benzene rings is 1. The van der Waals surface area contributed by atoms with Gasteiger partial charge in [-0.3, -0.25) is 5.32 Å². The molecule has 3 heterocycles. The number of amides is 2. The molecule has 3 N–H and O–H groups in total. The fourth-order valence-electron chi connectivity index (χ4n) is 3.65. The zero-order chi connectivity index (χ0) is 19.3. The summed E-state index contributed by atoms with van der Waals surface area (Å²) in [4.78, 5) is 21.2. The van der Waals surface area contributed by atoms with Crippen molar-refractivity contribution in [3.05, 3.63) is 42.6 Å². The van der Waals surface area contributed by atoms with Crippen LogP contribution in [0.2, 0.25) is 0 Å². The molecule has 0 unspecified atom stereocenters. The smallest absolute Gasteiger partial charge is 0.323 e. The van der Waals surface area contributed by atoms with E-state index in [1.54, 1.807) is 42.6 Å². The van der Waals surface area contributed by atoms with E-state index in [9.17, 15) is 4.79 Å². The van der Waals surface area contributed by atoms with Crippen molar-refractivity contribution in [2.45, 2.75) is 19.3 Å². The molecule has 2 saturated heterocycles. The SMILES string of the molecule is Nc1ccc(Oc2ccnc(NC(=O)N3CCC(CN4CCC4)CC3)c2)cc1. The molecule has 4 rings (SSSR count). The van der Waals surface area contributed by atoms with Crippen molar-refractivity contribution in [3.8, 4) is 11.5 Å². The summed E-state index contributed by atoms with van der Waals surface area (Å²) in [5.74, 6) is 2.49. The summed E-state index contributed by atoms with van der Waals surface area (Å²) in [7, 11) is 0. The van der Waals surface area contributed by atoms with Gasteiger partial charge in [0.25, 0.3) is 0 Å². The Morgan fingerprint density at radius 3 is 2.54 bits per heavy atom. The maximum Gasteiger partial charge on any atom is 0.323 e. The zero-order valence-electron chi connectivity index (χ0n) is 16.0. The molecule has 1 aromatic heterocycles. The van der Waals surface area contributed by atoms with Gasteiger partial charge in [0.1, 0.15) is 17.3 Å². The minimum atomic E-state index is -0.0977. The Bertz CT molecular complexity index is 799. The van der Waals surface area contributed by atoms with Gasteiger partial charge in [0.05, 0.1) is 0 Å². The van der Waals surface area contributed by atoms with Crippen LogP contribution in [-0.4, -0.2) is 53.5 Å². The molecule has 7 heteroatoms. The van der Waals surface area contributed by atoms with Crippen molar-refractivity contribution >= 4 is 17.5 Å². The molecule has 0 atom stereocenters. The monoisotopic (exact) mass is 381 g/mol. The van der Waals surface area contributed by atoms with Crippen LogP contribution < -0.4 is 15.8 Å². The lowest BCUT2D eigenvalue weighted by atomic mass is 9.95. The van der Waals surface area contributed by atoms with Crippen LogP contribution in [-0.2, 0) is 0 Å². The molecular formula is C21H27N5O2. The van der Waals surface area contributed by atoms with E-state index in [4.69, 9.17) is 10.5 Å². The van der Waals surface area contributed by atoms with Gasteiger partial charge in [-0.05, 0) is 68.6 Å². The molecule has 28 heavy (non-hydrogen) atoms. The molecule has 2 aromatic rings. The molecule has 0 bridgehead atoms. The van der Waals surface area contributed by atoms with E-state index in [0.717, 1.165) is 25.9 Å². The molecule has 0 saturated carbocycles. The second-order valence-corrected chi connectivity index (χ2v) is 7.56. The predicted molar refractivity (Wildman–Crippen MR) is 110 cm³/mol. The van der Waals surface area contributed by atoms with E-state index >= 15 is 0 Å². The van der Waals surface area contributed by atoms with E-state index < -0.39 is 0 Å². The largest absolute Gasteiger partial charge is 0.457 e. The summed E-state index contributed by atoms with van der Waals surface area (Å²) < 4.78 is 5.80. The first-order valence-corrected chi connectivity index (χ1v) is 9.93. The van der Waals surface area contributed by atoms with Gasteiger partial charge in [-0.15, -0.1) is 0 Å². The number of nitrogens with zero attached hydrogens (tertiary/aromatic N) is 3. The number of likely N-dealkylation sites (tertiary alicyclic amines) is 2. The topological polar surface area (TPSA) is 83.7 Å². The van der Waals surface area contributed by atoms with Crippen molar-refractivity contribution in [1.29, 1.82) is 0 Å².